The maximum Gasteiger partial charge on any atom is 0.151 e. The molecule has 2 heterocycles. The molecule has 1 aliphatic rings. The first-order chi connectivity index (χ1) is 8.86. The molecule has 0 fully saturated rings. The molecule has 4 heteroatoms. The molecule has 0 radical (unpaired) electrons. The van der Waals surface area contributed by atoms with Crippen LogP contribution in [0, 0.1) is 0 Å². The number of fused-ring (bicyclic) bond motifs is 1. The number of rotatable bonds is 2. The molecule has 92 valence electrons. The first kappa shape index (κ1) is 11.2. The Balaban J connectivity index is 1.82. The normalized spacial score (nSPS) is 14.4. The summed E-state index contributed by atoms with van der Waals surface area (Å²) >= 11 is 0. The molecule has 0 atom stereocenters. The van der Waals surface area contributed by atoms with Crippen LogP contribution in [0.5, 0.6) is 0 Å². The lowest BCUT2D eigenvalue weighted by molar-refractivity contribution is 0.709. The standard InChI is InChI=1S/C14H16N4/c15-9-13-5-6-14(17-16-13)18-8-7-11-3-1-2-4-12(11)10-18/h1-6H,7-10,15H2. The summed E-state index contributed by atoms with van der Waals surface area (Å²) < 4.78 is 0. The molecule has 0 unspecified atom stereocenters. The maximum atomic E-state index is 5.53. The Bertz CT molecular complexity index is 536. The van der Waals surface area contributed by atoms with Gasteiger partial charge in [0.15, 0.2) is 5.82 Å². The van der Waals surface area contributed by atoms with E-state index in [0.717, 1.165) is 31.0 Å². The molecule has 0 saturated carbocycles. The van der Waals surface area contributed by atoms with E-state index >= 15 is 0 Å². The third-order valence-corrected chi connectivity index (χ3v) is 3.37. The van der Waals surface area contributed by atoms with E-state index in [4.69, 9.17) is 5.73 Å². The maximum absolute atomic E-state index is 5.53. The summed E-state index contributed by atoms with van der Waals surface area (Å²) in [4.78, 5) is 2.26. The Kier molecular flexibility index (Phi) is 2.94. The third kappa shape index (κ3) is 2.07. The Morgan fingerprint density at radius 2 is 1.89 bits per heavy atom. The molecule has 0 spiro atoms. The predicted octanol–water partition coefficient (Wildman–Crippen LogP) is 1.50. The topological polar surface area (TPSA) is 55.0 Å². The van der Waals surface area contributed by atoms with Crippen molar-refractivity contribution in [1.29, 1.82) is 0 Å². The van der Waals surface area contributed by atoms with Crippen molar-refractivity contribution < 1.29 is 0 Å². The molecule has 18 heavy (non-hydrogen) atoms. The van der Waals surface area contributed by atoms with Crippen LogP contribution in [0.1, 0.15) is 16.8 Å². The fraction of sp³-hybridized carbons (Fsp3) is 0.286. The van der Waals surface area contributed by atoms with Gasteiger partial charge in [0, 0.05) is 19.6 Å². The average Bonchev–Trinajstić information content (AvgIpc) is 2.47. The molecule has 4 nitrogen and oxygen atoms in total. The molecular formula is C14H16N4. The van der Waals surface area contributed by atoms with Gasteiger partial charge in [-0.15, -0.1) is 5.10 Å². The van der Waals surface area contributed by atoms with Crippen LogP contribution in [0.25, 0.3) is 0 Å². The highest BCUT2D eigenvalue weighted by Gasteiger charge is 2.16. The Morgan fingerprint density at radius 1 is 1.06 bits per heavy atom. The van der Waals surface area contributed by atoms with Crippen molar-refractivity contribution >= 4 is 5.82 Å². The van der Waals surface area contributed by atoms with Crippen molar-refractivity contribution in [2.45, 2.75) is 19.5 Å². The van der Waals surface area contributed by atoms with E-state index in [1.54, 1.807) is 0 Å². The monoisotopic (exact) mass is 240 g/mol. The van der Waals surface area contributed by atoms with Crippen LogP contribution >= 0.6 is 0 Å². The molecule has 0 bridgehead atoms. The molecule has 0 aliphatic carbocycles. The van der Waals surface area contributed by atoms with E-state index in [1.807, 2.05) is 12.1 Å². The average molecular weight is 240 g/mol. The molecular weight excluding hydrogens is 224 g/mol. The SMILES string of the molecule is NCc1ccc(N2CCc3ccccc3C2)nn1. The minimum Gasteiger partial charge on any atom is -0.350 e. The highest BCUT2D eigenvalue weighted by Crippen LogP contribution is 2.22. The van der Waals surface area contributed by atoms with Gasteiger partial charge in [0.05, 0.1) is 5.69 Å². The second-order valence-electron chi connectivity index (χ2n) is 4.53. The summed E-state index contributed by atoms with van der Waals surface area (Å²) in [5.41, 5.74) is 9.18. The van der Waals surface area contributed by atoms with Crippen LogP contribution in [-0.2, 0) is 19.5 Å². The Morgan fingerprint density at radius 3 is 2.61 bits per heavy atom. The van der Waals surface area contributed by atoms with Gasteiger partial charge in [0.1, 0.15) is 0 Å². The summed E-state index contributed by atoms with van der Waals surface area (Å²) in [5, 5.41) is 8.35. The predicted molar refractivity (Wildman–Crippen MR) is 71.1 cm³/mol. The van der Waals surface area contributed by atoms with Gasteiger partial charge >= 0.3 is 0 Å². The van der Waals surface area contributed by atoms with Crippen molar-refractivity contribution in [1.82, 2.24) is 10.2 Å². The zero-order valence-electron chi connectivity index (χ0n) is 10.2. The summed E-state index contributed by atoms with van der Waals surface area (Å²) in [6.45, 7) is 2.34. The van der Waals surface area contributed by atoms with Gasteiger partial charge < -0.3 is 10.6 Å². The third-order valence-electron chi connectivity index (χ3n) is 3.37. The van der Waals surface area contributed by atoms with Crippen molar-refractivity contribution in [3.05, 3.63) is 53.2 Å². The number of aromatic nitrogens is 2. The number of nitrogens with two attached hydrogens (primary N) is 1. The van der Waals surface area contributed by atoms with Crippen LogP contribution in [0.15, 0.2) is 36.4 Å². The first-order valence-corrected chi connectivity index (χ1v) is 6.21. The number of benzene rings is 1. The number of hydrogen-bond acceptors (Lipinski definition) is 4. The van der Waals surface area contributed by atoms with Gasteiger partial charge in [-0.3, -0.25) is 0 Å². The molecule has 0 saturated heterocycles. The van der Waals surface area contributed by atoms with Crippen LogP contribution in [0.3, 0.4) is 0 Å². The summed E-state index contributed by atoms with van der Waals surface area (Å²) in [5.74, 6) is 0.932. The lowest BCUT2D eigenvalue weighted by atomic mass is 10.00. The molecule has 1 aliphatic heterocycles. The Labute approximate surface area is 106 Å². The van der Waals surface area contributed by atoms with Crippen molar-refractivity contribution in [3.63, 3.8) is 0 Å². The number of anilines is 1. The van der Waals surface area contributed by atoms with Gasteiger partial charge in [0.25, 0.3) is 0 Å². The molecule has 2 aromatic rings. The highest BCUT2D eigenvalue weighted by molar-refractivity contribution is 5.43. The largest absolute Gasteiger partial charge is 0.350 e. The van der Waals surface area contributed by atoms with Crippen LogP contribution < -0.4 is 10.6 Å². The minimum atomic E-state index is 0.441. The van der Waals surface area contributed by atoms with E-state index in [2.05, 4.69) is 39.4 Å². The van der Waals surface area contributed by atoms with Gasteiger partial charge in [-0.25, -0.2) is 0 Å². The number of nitrogens with zero attached hydrogens (tertiary/aromatic N) is 3. The van der Waals surface area contributed by atoms with Gasteiger partial charge in [-0.05, 0) is 29.7 Å². The summed E-state index contributed by atoms with van der Waals surface area (Å²) in [6.07, 6.45) is 1.07. The molecule has 1 aromatic heterocycles. The second kappa shape index (κ2) is 4.74. The van der Waals surface area contributed by atoms with Crippen molar-refractivity contribution in [2.75, 3.05) is 11.4 Å². The van der Waals surface area contributed by atoms with Crippen molar-refractivity contribution in [3.8, 4) is 0 Å². The molecule has 3 rings (SSSR count). The quantitative estimate of drug-likeness (QED) is 0.864. The summed E-state index contributed by atoms with van der Waals surface area (Å²) in [7, 11) is 0. The first-order valence-electron chi connectivity index (χ1n) is 6.21. The molecule has 2 N–H and O–H groups in total. The van der Waals surface area contributed by atoms with E-state index in [1.165, 1.54) is 11.1 Å². The van der Waals surface area contributed by atoms with Gasteiger partial charge in [-0.1, -0.05) is 24.3 Å². The van der Waals surface area contributed by atoms with Gasteiger partial charge in [0.2, 0.25) is 0 Å². The smallest absolute Gasteiger partial charge is 0.151 e. The van der Waals surface area contributed by atoms with Crippen molar-refractivity contribution in [2.24, 2.45) is 5.73 Å². The minimum absolute atomic E-state index is 0.441. The zero-order chi connectivity index (χ0) is 12.4. The van der Waals surface area contributed by atoms with Gasteiger partial charge in [-0.2, -0.15) is 5.10 Å². The van der Waals surface area contributed by atoms with E-state index in [0.29, 0.717) is 6.54 Å². The zero-order valence-corrected chi connectivity index (χ0v) is 10.2. The fourth-order valence-electron chi connectivity index (χ4n) is 2.32. The van der Waals surface area contributed by atoms with E-state index in [9.17, 15) is 0 Å². The second-order valence-corrected chi connectivity index (χ2v) is 4.53. The molecule has 1 aromatic carbocycles. The highest BCUT2D eigenvalue weighted by atomic mass is 15.3. The number of hydrogen-bond donors (Lipinski definition) is 1. The van der Waals surface area contributed by atoms with E-state index in [-0.39, 0.29) is 0 Å². The molecule has 0 amide bonds. The lowest BCUT2D eigenvalue weighted by Gasteiger charge is -2.29. The van der Waals surface area contributed by atoms with Crippen LogP contribution in [0.2, 0.25) is 0 Å². The fourth-order valence-corrected chi connectivity index (χ4v) is 2.32. The Hall–Kier alpha value is -1.94. The van der Waals surface area contributed by atoms with E-state index < -0.39 is 0 Å². The van der Waals surface area contributed by atoms with Crippen LogP contribution in [-0.4, -0.2) is 16.7 Å². The lowest BCUT2D eigenvalue weighted by Crippen LogP contribution is -2.31. The summed E-state index contributed by atoms with van der Waals surface area (Å²) in [6, 6.07) is 12.5. The van der Waals surface area contributed by atoms with Crippen LogP contribution in [0.4, 0.5) is 5.82 Å².